The lowest BCUT2D eigenvalue weighted by Crippen LogP contribution is -2.55. The number of ether oxygens (including phenoxy) is 3. The summed E-state index contributed by atoms with van der Waals surface area (Å²) in [6, 6.07) is -0.737. The molecule has 0 aliphatic rings. The minimum absolute atomic E-state index is 0.0204. The molecule has 0 radical (unpaired) electrons. The highest BCUT2D eigenvalue weighted by Crippen LogP contribution is 2.15. The van der Waals surface area contributed by atoms with Gasteiger partial charge in [-0.3, -0.25) is 9.59 Å². The van der Waals surface area contributed by atoms with Gasteiger partial charge in [-0.25, -0.2) is 0 Å². The van der Waals surface area contributed by atoms with Crippen LogP contribution in [0.25, 0.3) is 0 Å². The minimum atomic E-state index is -1.13. The number of carbonyl (C=O) groups excluding carboxylic acids is 3. The van der Waals surface area contributed by atoms with Crippen molar-refractivity contribution in [1.82, 2.24) is 0 Å². The van der Waals surface area contributed by atoms with Gasteiger partial charge in [0, 0.05) is 19.3 Å². The van der Waals surface area contributed by atoms with E-state index in [4.69, 9.17) is 14.2 Å². The van der Waals surface area contributed by atoms with E-state index in [1.54, 1.807) is 21.1 Å². The highest BCUT2D eigenvalue weighted by molar-refractivity contribution is 5.70. The molecule has 2 unspecified atom stereocenters. The number of likely N-dealkylation sites (N-methyl/N-ethyl adjacent to an activating group) is 1. The summed E-state index contributed by atoms with van der Waals surface area (Å²) < 4.78 is 17.1. The highest BCUT2D eigenvalue weighted by Gasteiger charge is 2.25. The van der Waals surface area contributed by atoms with Gasteiger partial charge in [-0.05, 0) is 64.2 Å². The average molecular weight is 838 g/mol. The topological polar surface area (TPSA) is 102 Å². The van der Waals surface area contributed by atoms with E-state index in [0.29, 0.717) is 12.8 Å². The first kappa shape index (κ1) is 56.5. The van der Waals surface area contributed by atoms with Crippen molar-refractivity contribution >= 4 is 17.9 Å². The van der Waals surface area contributed by atoms with Crippen LogP contribution in [-0.2, 0) is 28.6 Å². The fraction of sp³-hybridized carbons (Fsp3) is 0.673. The summed E-state index contributed by atoms with van der Waals surface area (Å²) in [6.07, 6.45) is 54.8. The van der Waals surface area contributed by atoms with Gasteiger partial charge in [0.05, 0.1) is 40.3 Å². The normalized spacial score (nSPS) is 13.7. The maximum Gasteiger partial charge on any atom is 0.306 e. The number of carbonyl (C=O) groups is 3. The number of rotatable bonds is 41. The molecule has 0 aromatic heterocycles. The van der Waals surface area contributed by atoms with Gasteiger partial charge in [-0.1, -0.05) is 176 Å². The van der Waals surface area contributed by atoms with Gasteiger partial charge in [-0.15, -0.1) is 0 Å². The van der Waals surface area contributed by atoms with Gasteiger partial charge < -0.3 is 28.6 Å². The van der Waals surface area contributed by atoms with Crippen LogP contribution in [-0.4, -0.2) is 75.5 Å². The molecule has 2 atom stereocenters. The van der Waals surface area contributed by atoms with Crippen molar-refractivity contribution in [1.29, 1.82) is 0 Å². The number of carboxylic acid groups (broad SMARTS) is 1. The quantitative estimate of drug-likeness (QED) is 0.0199. The summed E-state index contributed by atoms with van der Waals surface area (Å²) in [4.78, 5) is 36.9. The van der Waals surface area contributed by atoms with Crippen LogP contribution in [0.1, 0.15) is 174 Å². The van der Waals surface area contributed by atoms with Gasteiger partial charge in [-0.2, -0.15) is 0 Å². The molecule has 0 saturated carbocycles. The molecule has 0 heterocycles. The predicted molar refractivity (Wildman–Crippen MR) is 249 cm³/mol. The first-order valence-corrected chi connectivity index (χ1v) is 23.7. The Morgan fingerprint density at radius 2 is 0.967 bits per heavy atom. The van der Waals surface area contributed by atoms with Crippen LogP contribution in [0.3, 0.4) is 0 Å². The molecule has 0 bridgehead atoms. The number of nitrogens with zero attached hydrogens (tertiary/aromatic N) is 1. The number of hydrogen-bond donors (Lipinski definition) is 0. The lowest BCUT2D eigenvalue weighted by molar-refractivity contribution is -0.889. The van der Waals surface area contributed by atoms with Crippen LogP contribution in [0.2, 0.25) is 0 Å². The zero-order valence-electron chi connectivity index (χ0n) is 38.8. The molecule has 0 fully saturated rings. The van der Waals surface area contributed by atoms with E-state index in [1.807, 2.05) is 36.5 Å². The zero-order chi connectivity index (χ0) is 44.2. The molecule has 0 aromatic carbocycles. The van der Waals surface area contributed by atoms with Gasteiger partial charge in [0.15, 0.2) is 6.10 Å². The molecule has 60 heavy (non-hydrogen) atoms. The highest BCUT2D eigenvalue weighted by atomic mass is 16.6. The fourth-order valence-corrected chi connectivity index (χ4v) is 6.51. The van der Waals surface area contributed by atoms with E-state index in [0.717, 1.165) is 64.2 Å². The summed E-state index contributed by atoms with van der Waals surface area (Å²) in [5, 5.41) is 11.6. The van der Waals surface area contributed by atoms with Crippen LogP contribution in [0, 0.1) is 0 Å². The first-order chi connectivity index (χ1) is 29.1. The van der Waals surface area contributed by atoms with Crippen LogP contribution in [0.15, 0.2) is 85.1 Å². The van der Waals surface area contributed by atoms with E-state index in [-0.39, 0.29) is 49.1 Å². The van der Waals surface area contributed by atoms with Crippen molar-refractivity contribution in [2.24, 2.45) is 0 Å². The Bertz CT molecular complexity index is 1250. The number of aliphatic carboxylic acids is 1. The molecule has 0 N–H and O–H groups in total. The van der Waals surface area contributed by atoms with Crippen LogP contribution in [0.5, 0.6) is 0 Å². The maximum atomic E-state index is 12.7. The third-order valence-corrected chi connectivity index (χ3v) is 10.1. The van der Waals surface area contributed by atoms with Crippen molar-refractivity contribution in [3.8, 4) is 0 Å². The van der Waals surface area contributed by atoms with E-state index in [1.165, 1.54) is 70.6 Å². The molecule has 0 aliphatic carbocycles. The van der Waals surface area contributed by atoms with Gasteiger partial charge in [0.1, 0.15) is 12.6 Å². The van der Waals surface area contributed by atoms with Gasteiger partial charge in [0.25, 0.3) is 0 Å². The summed E-state index contributed by atoms with van der Waals surface area (Å²) in [7, 11) is 5.39. The molecule has 0 aliphatic heterocycles. The third-order valence-electron chi connectivity index (χ3n) is 10.1. The Hall–Kier alpha value is -3.49. The number of unbranched alkanes of at least 4 members (excludes halogenated alkanes) is 16. The Morgan fingerprint density at radius 1 is 0.517 bits per heavy atom. The molecule has 8 nitrogen and oxygen atoms in total. The van der Waals surface area contributed by atoms with Crippen molar-refractivity contribution in [2.75, 3.05) is 41.0 Å². The Balaban J connectivity index is 4.25. The number of quaternary nitrogens is 1. The van der Waals surface area contributed by atoms with E-state index in [2.05, 4.69) is 62.5 Å². The first-order valence-electron chi connectivity index (χ1n) is 23.7. The maximum absolute atomic E-state index is 12.7. The summed E-state index contributed by atoms with van der Waals surface area (Å²) in [5.74, 6) is -1.80. The lowest BCUT2D eigenvalue weighted by atomic mass is 10.0. The largest absolute Gasteiger partial charge is 0.544 e. The van der Waals surface area contributed by atoms with Crippen LogP contribution >= 0.6 is 0 Å². The smallest absolute Gasteiger partial charge is 0.306 e. The second-order valence-electron chi connectivity index (χ2n) is 16.7. The molecule has 0 saturated heterocycles. The minimum Gasteiger partial charge on any atom is -0.544 e. The average Bonchev–Trinajstić information content (AvgIpc) is 3.21. The number of hydrogen-bond acceptors (Lipinski definition) is 7. The second kappa shape index (κ2) is 42.2. The molecular formula is C52H87NO7. The van der Waals surface area contributed by atoms with E-state index in [9.17, 15) is 19.5 Å². The number of allylic oxidation sites excluding steroid dienone is 14. The second-order valence-corrected chi connectivity index (χ2v) is 16.7. The Kier molecular flexibility index (Phi) is 39.8. The standard InChI is InChI=1S/C52H87NO7/c1-6-8-10-12-14-16-18-20-21-22-23-24-25-26-27-28-29-31-32-34-36-38-40-42-50(54)59-47-48(46-58-45-44-49(52(56)57)53(3,4)5)60-51(55)43-41-39-37-35-33-30-19-17-15-13-11-9-7-2/h8-11,13-17,19-21,30,33,48-49H,6-7,12,18,22-29,31-32,34-47H2,1-5H3/b10-8+,11-9+,15-13+,16-14+,19-17+,21-20+,33-30+. The van der Waals surface area contributed by atoms with E-state index >= 15 is 0 Å². The van der Waals surface area contributed by atoms with Gasteiger partial charge >= 0.3 is 11.9 Å². The Morgan fingerprint density at radius 3 is 1.52 bits per heavy atom. The van der Waals surface area contributed by atoms with Crippen LogP contribution in [0.4, 0.5) is 0 Å². The SMILES string of the molecule is CC/C=C/C=C/C=C/C=C/CCCCCC(=O)OC(COCCC(C(=O)[O-])[N+](C)(C)C)COC(=O)CCCCCCCCCCCCCCC/C=C/C/C=C/C/C=C/CC. The predicted octanol–water partition coefficient (Wildman–Crippen LogP) is 12.0. The monoisotopic (exact) mass is 838 g/mol. The molecule has 0 aromatic rings. The molecule has 8 heteroatoms. The van der Waals surface area contributed by atoms with Crippen LogP contribution < -0.4 is 5.11 Å². The van der Waals surface area contributed by atoms with Crippen molar-refractivity contribution in [3.05, 3.63) is 85.1 Å². The third kappa shape index (κ3) is 39.9. The fourth-order valence-electron chi connectivity index (χ4n) is 6.51. The zero-order valence-corrected chi connectivity index (χ0v) is 38.8. The van der Waals surface area contributed by atoms with Crippen molar-refractivity contribution in [3.63, 3.8) is 0 Å². The van der Waals surface area contributed by atoms with Crippen molar-refractivity contribution < 1.29 is 38.2 Å². The molecule has 342 valence electrons. The van der Waals surface area contributed by atoms with E-state index < -0.39 is 18.1 Å². The number of carboxylic acids is 1. The summed E-state index contributed by atoms with van der Waals surface area (Å²) in [5.41, 5.74) is 0. The molecular weight excluding hydrogens is 751 g/mol. The molecule has 0 amide bonds. The lowest BCUT2D eigenvalue weighted by Gasteiger charge is -2.34. The van der Waals surface area contributed by atoms with Crippen molar-refractivity contribution in [2.45, 2.75) is 187 Å². The summed E-state index contributed by atoms with van der Waals surface area (Å²) >= 11 is 0. The number of esters is 2. The molecule has 0 spiro atoms. The van der Waals surface area contributed by atoms with Gasteiger partial charge in [0.2, 0.25) is 0 Å². The Labute approximate surface area is 367 Å². The molecule has 0 rings (SSSR count). The summed E-state index contributed by atoms with van der Waals surface area (Å²) in [6.45, 7) is 4.36.